The van der Waals surface area contributed by atoms with E-state index in [1.54, 1.807) is 11.3 Å². The van der Waals surface area contributed by atoms with Gasteiger partial charge in [0.2, 0.25) is 5.91 Å². The van der Waals surface area contributed by atoms with Crippen LogP contribution in [-0.4, -0.2) is 52.7 Å². The van der Waals surface area contributed by atoms with Crippen LogP contribution < -0.4 is 10.5 Å². The van der Waals surface area contributed by atoms with E-state index in [0.717, 1.165) is 61.2 Å². The highest BCUT2D eigenvalue weighted by Crippen LogP contribution is 2.34. The molecule has 1 aliphatic heterocycles. The summed E-state index contributed by atoms with van der Waals surface area (Å²) in [6.45, 7) is 3.09. The lowest BCUT2D eigenvalue weighted by Crippen LogP contribution is -2.36. The molecular weight excluding hydrogens is 454 g/mol. The summed E-state index contributed by atoms with van der Waals surface area (Å²) in [7, 11) is 0. The zero-order chi connectivity index (χ0) is 22.8. The molecule has 7 nitrogen and oxygen atoms in total. The molecule has 0 radical (unpaired) electrons. The van der Waals surface area contributed by atoms with Gasteiger partial charge >= 0.3 is 0 Å². The van der Waals surface area contributed by atoms with E-state index in [1.165, 1.54) is 22.2 Å². The Hall–Kier alpha value is -2.83. The van der Waals surface area contributed by atoms with Crippen LogP contribution in [0.5, 0.6) is 0 Å². The number of hydrogen-bond acceptors (Lipinski definition) is 7. The van der Waals surface area contributed by atoms with Crippen molar-refractivity contribution in [3.8, 4) is 6.07 Å². The van der Waals surface area contributed by atoms with Crippen molar-refractivity contribution < 1.29 is 4.79 Å². The number of carbonyl (C=O) groups is 1. The van der Waals surface area contributed by atoms with Gasteiger partial charge in [0.05, 0.1) is 28.5 Å². The second-order valence-electron chi connectivity index (χ2n) is 8.42. The Labute approximate surface area is 200 Å². The van der Waals surface area contributed by atoms with E-state index in [0.29, 0.717) is 29.4 Å². The topological polar surface area (TPSA) is 93.1 Å². The maximum Gasteiger partial charge on any atom is 0.259 e. The van der Waals surface area contributed by atoms with Gasteiger partial charge < -0.3 is 14.8 Å². The number of nitrogens with zero attached hydrogens (tertiary/aromatic N) is 4. The molecule has 1 N–H and O–H groups in total. The Bertz CT molecular complexity index is 1270. The summed E-state index contributed by atoms with van der Waals surface area (Å²) in [5.41, 5.74) is 2.88. The van der Waals surface area contributed by atoms with Gasteiger partial charge in [0.15, 0.2) is 0 Å². The minimum Gasteiger partial charge on any atom is -0.370 e. The molecule has 1 saturated heterocycles. The molecule has 1 amide bonds. The van der Waals surface area contributed by atoms with Gasteiger partial charge in [-0.05, 0) is 55.5 Å². The van der Waals surface area contributed by atoms with Crippen molar-refractivity contribution in [3.63, 3.8) is 0 Å². The number of benzene rings is 1. The van der Waals surface area contributed by atoms with E-state index in [-0.39, 0.29) is 11.5 Å². The third kappa shape index (κ3) is 4.63. The van der Waals surface area contributed by atoms with Gasteiger partial charge in [0.1, 0.15) is 10.7 Å². The van der Waals surface area contributed by atoms with Crippen LogP contribution in [0, 0.1) is 11.3 Å². The lowest BCUT2D eigenvalue weighted by atomic mass is 10.2. The van der Waals surface area contributed by atoms with Crippen molar-refractivity contribution in [1.82, 2.24) is 14.9 Å². The molecule has 0 unspecified atom stereocenters. The van der Waals surface area contributed by atoms with Crippen LogP contribution in [0.4, 0.5) is 5.69 Å². The molecule has 0 spiro atoms. The van der Waals surface area contributed by atoms with E-state index in [2.05, 4.69) is 20.9 Å². The van der Waals surface area contributed by atoms with Crippen LogP contribution in [-0.2, 0) is 23.4 Å². The Balaban J connectivity index is 1.15. The summed E-state index contributed by atoms with van der Waals surface area (Å²) in [4.78, 5) is 39.3. The fourth-order valence-corrected chi connectivity index (χ4v) is 6.68. The van der Waals surface area contributed by atoms with E-state index >= 15 is 0 Å². The number of thioether (sulfide) groups is 1. The van der Waals surface area contributed by atoms with Gasteiger partial charge in [-0.15, -0.1) is 23.1 Å². The van der Waals surface area contributed by atoms with Crippen molar-refractivity contribution >= 4 is 44.9 Å². The van der Waals surface area contributed by atoms with Gasteiger partial charge in [-0.3, -0.25) is 9.59 Å². The number of hydrogen-bond donors (Lipinski definition) is 1. The molecule has 5 rings (SSSR count). The molecule has 33 heavy (non-hydrogen) atoms. The number of carbonyl (C=O) groups excluding carboxylic acids is 1. The van der Waals surface area contributed by atoms with Gasteiger partial charge in [-0.1, -0.05) is 0 Å². The molecular formula is C24H25N5O2S2. The highest BCUT2D eigenvalue weighted by Gasteiger charge is 2.22. The first-order chi connectivity index (χ1) is 16.1. The fraction of sp³-hybridized carbons (Fsp3) is 0.417. The molecule has 3 heterocycles. The van der Waals surface area contributed by atoms with Crippen molar-refractivity contribution in [2.24, 2.45) is 0 Å². The summed E-state index contributed by atoms with van der Waals surface area (Å²) in [5, 5.41) is 9.75. The van der Waals surface area contributed by atoms with Gasteiger partial charge in [0, 0.05) is 36.7 Å². The monoisotopic (exact) mass is 479 g/mol. The number of thiophene rings is 1. The average Bonchev–Trinajstić information content (AvgIpc) is 3.31. The van der Waals surface area contributed by atoms with Crippen LogP contribution in [0.3, 0.4) is 0 Å². The summed E-state index contributed by atoms with van der Waals surface area (Å²) >= 11 is 3.14. The lowest BCUT2D eigenvalue weighted by molar-refractivity contribution is -0.128. The number of aryl methyl sites for hydroxylation is 2. The number of amides is 1. The highest BCUT2D eigenvalue weighted by atomic mass is 32.2. The summed E-state index contributed by atoms with van der Waals surface area (Å²) < 4.78 is 0. The molecule has 1 aromatic carbocycles. The minimum absolute atomic E-state index is 0.0447. The van der Waals surface area contributed by atoms with Crippen LogP contribution in [0.15, 0.2) is 29.1 Å². The third-order valence-electron chi connectivity index (χ3n) is 6.30. The predicted molar refractivity (Wildman–Crippen MR) is 133 cm³/mol. The van der Waals surface area contributed by atoms with Crippen molar-refractivity contribution in [2.45, 2.75) is 31.4 Å². The molecule has 9 heteroatoms. The van der Waals surface area contributed by atoms with Gasteiger partial charge in [-0.2, -0.15) is 5.26 Å². The number of aromatic amines is 1. The normalized spacial score (nSPS) is 16.0. The number of nitriles is 1. The first kappa shape index (κ1) is 22.0. The van der Waals surface area contributed by atoms with Gasteiger partial charge in [-0.25, -0.2) is 4.98 Å². The molecule has 3 aromatic rings. The quantitative estimate of drug-likeness (QED) is 0.604. The van der Waals surface area contributed by atoms with Crippen molar-refractivity contribution in [3.05, 3.63) is 56.4 Å². The summed E-state index contributed by atoms with van der Waals surface area (Å²) in [6.07, 6.45) is 4.05. The van der Waals surface area contributed by atoms with Crippen molar-refractivity contribution in [1.29, 1.82) is 5.26 Å². The second kappa shape index (κ2) is 9.57. The van der Waals surface area contributed by atoms with E-state index in [1.807, 2.05) is 29.2 Å². The third-order valence-corrected chi connectivity index (χ3v) is 8.41. The molecule has 2 aliphatic rings. The average molecular weight is 480 g/mol. The molecule has 2 aromatic heterocycles. The largest absolute Gasteiger partial charge is 0.370 e. The molecule has 170 valence electrons. The highest BCUT2D eigenvalue weighted by molar-refractivity contribution is 7.99. The standard InChI is InChI=1S/C24H25N5O2S2/c25-13-16-5-7-17(8-6-16)28-9-2-10-29(12-11-28)21(30)15-32-14-20-26-23(31)22-18-3-1-4-19(18)33-24(22)27-20/h5-8H,1-4,9-12,14-15H2,(H,26,27,31). The van der Waals surface area contributed by atoms with E-state index < -0.39 is 0 Å². The number of nitrogens with one attached hydrogen (secondary N) is 1. The fourth-order valence-electron chi connectivity index (χ4n) is 4.61. The zero-order valence-corrected chi connectivity index (χ0v) is 19.9. The minimum atomic E-state index is -0.0447. The smallest absolute Gasteiger partial charge is 0.259 e. The zero-order valence-electron chi connectivity index (χ0n) is 18.3. The first-order valence-electron chi connectivity index (χ1n) is 11.3. The summed E-state index contributed by atoms with van der Waals surface area (Å²) in [5.74, 6) is 1.66. The number of anilines is 1. The first-order valence-corrected chi connectivity index (χ1v) is 13.2. The molecule has 1 aliphatic carbocycles. The van der Waals surface area contributed by atoms with Crippen LogP contribution in [0.2, 0.25) is 0 Å². The Kier molecular flexibility index (Phi) is 6.38. The number of rotatable bonds is 5. The van der Waals surface area contributed by atoms with E-state index in [4.69, 9.17) is 5.26 Å². The van der Waals surface area contributed by atoms with Crippen LogP contribution >= 0.6 is 23.1 Å². The number of aromatic nitrogens is 2. The Morgan fingerprint density at radius 1 is 1.15 bits per heavy atom. The van der Waals surface area contributed by atoms with E-state index in [9.17, 15) is 9.59 Å². The lowest BCUT2D eigenvalue weighted by Gasteiger charge is -2.23. The Morgan fingerprint density at radius 3 is 2.82 bits per heavy atom. The molecule has 1 fully saturated rings. The number of H-pyrrole nitrogens is 1. The number of fused-ring (bicyclic) bond motifs is 3. The SMILES string of the molecule is N#Cc1ccc(N2CCCN(C(=O)CSCc3nc4sc5c(c4c(=O)[nH]3)CCC5)CC2)cc1. The van der Waals surface area contributed by atoms with Crippen LogP contribution in [0.1, 0.15) is 34.7 Å². The Morgan fingerprint density at radius 2 is 2.00 bits per heavy atom. The predicted octanol–water partition coefficient (Wildman–Crippen LogP) is 3.32. The maximum absolute atomic E-state index is 12.8. The molecule has 0 bridgehead atoms. The van der Waals surface area contributed by atoms with Crippen LogP contribution in [0.25, 0.3) is 10.2 Å². The van der Waals surface area contributed by atoms with Gasteiger partial charge in [0.25, 0.3) is 5.56 Å². The molecule has 0 saturated carbocycles. The summed E-state index contributed by atoms with van der Waals surface area (Å²) in [6, 6.07) is 9.75. The van der Waals surface area contributed by atoms with Crippen molar-refractivity contribution in [2.75, 3.05) is 36.8 Å². The maximum atomic E-state index is 12.8. The molecule has 0 atom stereocenters. The second-order valence-corrected chi connectivity index (χ2v) is 10.5.